The molecule has 1 aromatic heterocycles. The largest absolute Gasteiger partial charge is 0.358 e. The lowest BCUT2D eigenvalue weighted by Crippen LogP contribution is -2.06. The second-order valence-corrected chi connectivity index (χ2v) is 5.31. The number of fused-ring (bicyclic) bond motifs is 1. The minimum Gasteiger partial charge on any atom is -0.358 e. The number of H-pyrrole nitrogens is 1. The number of nitro benzene ring substituents is 1. The number of non-ortho nitro benzene ring substituents is 1. The highest BCUT2D eigenvalue weighted by molar-refractivity contribution is 5.80. The molecule has 1 aromatic carbocycles. The van der Waals surface area contributed by atoms with E-state index in [1.54, 1.807) is 12.1 Å². The van der Waals surface area contributed by atoms with E-state index >= 15 is 0 Å². The molecule has 0 fully saturated rings. The monoisotopic (exact) mass is 288 g/mol. The Labute approximate surface area is 123 Å². The van der Waals surface area contributed by atoms with E-state index in [-0.39, 0.29) is 11.1 Å². The summed E-state index contributed by atoms with van der Waals surface area (Å²) in [6.45, 7) is 2.18. The van der Waals surface area contributed by atoms with Crippen molar-refractivity contribution in [3.63, 3.8) is 0 Å². The van der Waals surface area contributed by atoms with E-state index < -0.39 is 4.92 Å². The molecule has 0 aliphatic rings. The van der Waals surface area contributed by atoms with Crippen LogP contribution < -0.4 is 5.43 Å². The van der Waals surface area contributed by atoms with Crippen LogP contribution in [0.3, 0.4) is 0 Å². The molecule has 0 aliphatic heterocycles. The lowest BCUT2D eigenvalue weighted by molar-refractivity contribution is -0.384. The third kappa shape index (κ3) is 3.90. The molecule has 0 saturated heterocycles. The first-order chi connectivity index (χ1) is 10.1. The zero-order valence-electron chi connectivity index (χ0n) is 12.2. The number of aryl methyl sites for hydroxylation is 1. The summed E-state index contributed by atoms with van der Waals surface area (Å²) in [6, 6.07) is 5.92. The van der Waals surface area contributed by atoms with Crippen molar-refractivity contribution in [2.45, 2.75) is 45.4 Å². The summed E-state index contributed by atoms with van der Waals surface area (Å²) in [5.41, 5.74) is 1.35. The summed E-state index contributed by atoms with van der Waals surface area (Å²) in [4.78, 5) is 25.5. The van der Waals surface area contributed by atoms with Crippen LogP contribution in [0.5, 0.6) is 0 Å². The fraction of sp³-hybridized carbons (Fsp3) is 0.438. The van der Waals surface area contributed by atoms with Gasteiger partial charge in [0, 0.05) is 29.4 Å². The Balaban J connectivity index is 2.15. The van der Waals surface area contributed by atoms with Gasteiger partial charge in [-0.3, -0.25) is 14.9 Å². The number of hydrogen-bond donors (Lipinski definition) is 1. The number of rotatable bonds is 7. The SMILES string of the molecule is CCCCCCCc1cc(=O)c2cc([N+](=O)[O-])ccc2[nH]1. The molecule has 0 spiro atoms. The zero-order valence-corrected chi connectivity index (χ0v) is 12.2. The molecule has 1 heterocycles. The van der Waals surface area contributed by atoms with Crippen LogP contribution in [0.25, 0.3) is 10.9 Å². The Morgan fingerprint density at radius 2 is 1.90 bits per heavy atom. The van der Waals surface area contributed by atoms with Gasteiger partial charge in [-0.1, -0.05) is 32.6 Å². The maximum Gasteiger partial charge on any atom is 0.270 e. The molecule has 0 bridgehead atoms. The second kappa shape index (κ2) is 7.02. The van der Waals surface area contributed by atoms with Gasteiger partial charge in [-0.15, -0.1) is 0 Å². The average Bonchev–Trinajstić information content (AvgIpc) is 2.46. The average molecular weight is 288 g/mol. The molecular weight excluding hydrogens is 268 g/mol. The van der Waals surface area contributed by atoms with Gasteiger partial charge in [-0.05, 0) is 18.9 Å². The maximum absolute atomic E-state index is 12.1. The lowest BCUT2D eigenvalue weighted by atomic mass is 10.1. The molecule has 0 aliphatic carbocycles. The molecule has 21 heavy (non-hydrogen) atoms. The van der Waals surface area contributed by atoms with Gasteiger partial charge in [0.15, 0.2) is 5.43 Å². The highest BCUT2D eigenvalue weighted by Crippen LogP contribution is 2.17. The molecule has 5 nitrogen and oxygen atoms in total. The zero-order chi connectivity index (χ0) is 15.2. The number of benzene rings is 1. The van der Waals surface area contributed by atoms with Crippen molar-refractivity contribution in [3.8, 4) is 0 Å². The standard InChI is InChI=1S/C16H20N2O3/c1-2-3-4-5-6-7-12-10-16(19)14-11-13(18(20)21)8-9-15(14)17-12/h8-11H,2-7H2,1H3,(H,17,19). The van der Waals surface area contributed by atoms with E-state index in [0.29, 0.717) is 10.9 Å². The molecule has 0 saturated carbocycles. The van der Waals surface area contributed by atoms with E-state index in [2.05, 4.69) is 11.9 Å². The van der Waals surface area contributed by atoms with Crippen molar-refractivity contribution in [2.75, 3.05) is 0 Å². The van der Waals surface area contributed by atoms with Crippen molar-refractivity contribution < 1.29 is 4.92 Å². The van der Waals surface area contributed by atoms with Crippen LogP contribution in [0.4, 0.5) is 5.69 Å². The van der Waals surface area contributed by atoms with Gasteiger partial charge in [-0.2, -0.15) is 0 Å². The first-order valence-electron chi connectivity index (χ1n) is 7.42. The van der Waals surface area contributed by atoms with Crippen LogP contribution in [0.1, 0.15) is 44.7 Å². The van der Waals surface area contributed by atoms with Crippen LogP contribution in [0.15, 0.2) is 29.1 Å². The topological polar surface area (TPSA) is 76.0 Å². The van der Waals surface area contributed by atoms with Gasteiger partial charge in [0.2, 0.25) is 0 Å². The fourth-order valence-electron chi connectivity index (χ4n) is 2.46. The molecular formula is C16H20N2O3. The van der Waals surface area contributed by atoms with Gasteiger partial charge in [-0.25, -0.2) is 0 Å². The molecule has 0 radical (unpaired) electrons. The third-order valence-electron chi connectivity index (χ3n) is 3.63. The maximum atomic E-state index is 12.1. The van der Waals surface area contributed by atoms with Gasteiger partial charge < -0.3 is 4.98 Å². The van der Waals surface area contributed by atoms with Gasteiger partial charge in [0.25, 0.3) is 5.69 Å². The lowest BCUT2D eigenvalue weighted by Gasteiger charge is -2.04. The summed E-state index contributed by atoms with van der Waals surface area (Å²) in [5.74, 6) is 0. The Morgan fingerprint density at radius 3 is 2.62 bits per heavy atom. The van der Waals surface area contributed by atoms with Crippen LogP contribution >= 0.6 is 0 Å². The quantitative estimate of drug-likeness (QED) is 0.476. The van der Waals surface area contributed by atoms with E-state index in [4.69, 9.17) is 0 Å². The Kier molecular flexibility index (Phi) is 5.09. The summed E-state index contributed by atoms with van der Waals surface area (Å²) in [7, 11) is 0. The summed E-state index contributed by atoms with van der Waals surface area (Å²) in [5, 5.41) is 11.1. The molecule has 0 atom stereocenters. The van der Waals surface area contributed by atoms with Gasteiger partial charge in [0.05, 0.1) is 10.3 Å². The van der Waals surface area contributed by atoms with Crippen LogP contribution in [0, 0.1) is 10.1 Å². The molecule has 112 valence electrons. The fourth-order valence-corrected chi connectivity index (χ4v) is 2.46. The predicted octanol–water partition coefficient (Wildman–Crippen LogP) is 3.95. The number of nitrogens with one attached hydrogen (secondary N) is 1. The van der Waals surface area contributed by atoms with Gasteiger partial charge in [0.1, 0.15) is 0 Å². The third-order valence-corrected chi connectivity index (χ3v) is 3.63. The first-order valence-corrected chi connectivity index (χ1v) is 7.42. The van der Waals surface area contributed by atoms with E-state index in [1.165, 1.54) is 31.4 Å². The normalized spacial score (nSPS) is 10.9. The molecule has 5 heteroatoms. The number of unbranched alkanes of at least 4 members (excludes halogenated alkanes) is 4. The number of nitro groups is 1. The van der Waals surface area contributed by atoms with Crippen molar-refractivity contribution >= 4 is 16.6 Å². The molecule has 2 rings (SSSR count). The Morgan fingerprint density at radius 1 is 1.14 bits per heavy atom. The van der Waals surface area contributed by atoms with E-state index in [0.717, 1.165) is 25.0 Å². The Bertz CT molecular complexity index is 691. The summed E-state index contributed by atoms with van der Waals surface area (Å²) < 4.78 is 0. The highest BCUT2D eigenvalue weighted by atomic mass is 16.6. The molecule has 0 amide bonds. The van der Waals surface area contributed by atoms with Crippen molar-refractivity contribution in [1.29, 1.82) is 0 Å². The van der Waals surface area contributed by atoms with Crippen molar-refractivity contribution in [1.82, 2.24) is 4.98 Å². The molecule has 2 aromatic rings. The molecule has 0 unspecified atom stereocenters. The van der Waals surface area contributed by atoms with Crippen LogP contribution in [-0.2, 0) is 6.42 Å². The predicted molar refractivity (Wildman–Crippen MR) is 83.7 cm³/mol. The number of nitrogens with zero attached hydrogens (tertiary/aromatic N) is 1. The minimum absolute atomic E-state index is 0.0553. The number of pyridine rings is 1. The van der Waals surface area contributed by atoms with Crippen molar-refractivity contribution in [2.24, 2.45) is 0 Å². The van der Waals surface area contributed by atoms with Crippen molar-refractivity contribution in [3.05, 3.63) is 50.3 Å². The number of hydrogen-bond acceptors (Lipinski definition) is 3. The summed E-state index contributed by atoms with van der Waals surface area (Å²) in [6.07, 6.45) is 6.73. The molecule has 1 N–H and O–H groups in total. The number of aromatic amines is 1. The van der Waals surface area contributed by atoms with E-state index in [1.807, 2.05) is 0 Å². The van der Waals surface area contributed by atoms with Gasteiger partial charge >= 0.3 is 0 Å². The highest BCUT2D eigenvalue weighted by Gasteiger charge is 2.09. The van der Waals surface area contributed by atoms with E-state index in [9.17, 15) is 14.9 Å². The van der Waals surface area contributed by atoms with Crippen LogP contribution in [-0.4, -0.2) is 9.91 Å². The first kappa shape index (κ1) is 15.2. The van der Waals surface area contributed by atoms with Crippen LogP contribution in [0.2, 0.25) is 0 Å². The minimum atomic E-state index is -0.486. The summed E-state index contributed by atoms with van der Waals surface area (Å²) >= 11 is 0. The second-order valence-electron chi connectivity index (χ2n) is 5.31. The Hall–Kier alpha value is -2.17. The smallest absolute Gasteiger partial charge is 0.270 e. The number of aromatic nitrogens is 1.